The highest BCUT2D eigenvalue weighted by atomic mass is 35.5. The number of hydrogen-bond donors (Lipinski definition) is 0. The van der Waals surface area contributed by atoms with Gasteiger partial charge in [-0.2, -0.15) is 0 Å². The highest BCUT2D eigenvalue weighted by Gasteiger charge is 2.26. The summed E-state index contributed by atoms with van der Waals surface area (Å²) in [5.74, 6) is 0.555. The number of aryl methyl sites for hydroxylation is 1. The summed E-state index contributed by atoms with van der Waals surface area (Å²) in [5.41, 5.74) is 1.75. The van der Waals surface area contributed by atoms with E-state index in [2.05, 4.69) is 0 Å². The van der Waals surface area contributed by atoms with Crippen molar-refractivity contribution in [1.29, 1.82) is 0 Å². The van der Waals surface area contributed by atoms with Gasteiger partial charge in [0.15, 0.2) is 6.10 Å². The van der Waals surface area contributed by atoms with E-state index in [1.807, 2.05) is 36.1 Å². The summed E-state index contributed by atoms with van der Waals surface area (Å²) in [6.45, 7) is 6.00. The van der Waals surface area contributed by atoms with Crippen LogP contribution in [-0.4, -0.2) is 53.9 Å². The van der Waals surface area contributed by atoms with E-state index < -0.39 is 6.10 Å². The van der Waals surface area contributed by atoms with E-state index in [9.17, 15) is 9.59 Å². The number of amides is 2. The summed E-state index contributed by atoms with van der Waals surface area (Å²) < 4.78 is 5.75. The van der Waals surface area contributed by atoms with Gasteiger partial charge in [0.05, 0.1) is 0 Å². The van der Waals surface area contributed by atoms with Crippen LogP contribution in [0, 0.1) is 6.92 Å². The van der Waals surface area contributed by atoms with Gasteiger partial charge in [-0.3, -0.25) is 9.59 Å². The van der Waals surface area contributed by atoms with Gasteiger partial charge in [-0.05, 0) is 56.7 Å². The highest BCUT2D eigenvalue weighted by molar-refractivity contribution is 6.30. The molecule has 1 unspecified atom stereocenters. The summed E-state index contributed by atoms with van der Waals surface area (Å²) in [6, 6.07) is 14.6. The van der Waals surface area contributed by atoms with Crippen molar-refractivity contribution >= 4 is 23.4 Å². The van der Waals surface area contributed by atoms with Crippen LogP contribution in [0.1, 0.15) is 29.3 Å². The second kappa shape index (κ2) is 9.11. The average Bonchev–Trinajstić information content (AvgIpc) is 2.94. The molecule has 28 heavy (non-hydrogen) atoms. The maximum atomic E-state index is 12.8. The van der Waals surface area contributed by atoms with E-state index in [1.165, 1.54) is 0 Å². The third kappa shape index (κ3) is 5.04. The van der Waals surface area contributed by atoms with Crippen LogP contribution in [0.25, 0.3) is 0 Å². The molecule has 6 heteroatoms. The molecule has 0 spiro atoms. The van der Waals surface area contributed by atoms with Crippen LogP contribution in [-0.2, 0) is 4.79 Å². The van der Waals surface area contributed by atoms with E-state index in [-0.39, 0.29) is 11.8 Å². The Hall–Kier alpha value is -2.53. The van der Waals surface area contributed by atoms with Crippen molar-refractivity contribution in [3.63, 3.8) is 0 Å². The molecule has 2 aromatic rings. The van der Waals surface area contributed by atoms with Crippen molar-refractivity contribution in [3.8, 4) is 5.75 Å². The maximum Gasteiger partial charge on any atom is 0.263 e. The molecule has 1 aliphatic rings. The standard InChI is InChI=1S/C22H25ClN2O3/c1-16-5-3-6-18(15-16)22(27)25-12-4-11-24(13-14-25)21(26)17(2)28-20-9-7-19(23)8-10-20/h3,5-10,15,17H,4,11-14H2,1-2H3. The Balaban J connectivity index is 1.58. The fourth-order valence-corrected chi connectivity index (χ4v) is 3.45. The Morgan fingerprint density at radius 1 is 1.00 bits per heavy atom. The molecular formula is C22H25ClN2O3. The van der Waals surface area contributed by atoms with Crippen molar-refractivity contribution < 1.29 is 14.3 Å². The first-order valence-electron chi connectivity index (χ1n) is 9.51. The molecule has 2 amide bonds. The molecule has 0 bridgehead atoms. The van der Waals surface area contributed by atoms with E-state index in [0.29, 0.717) is 42.5 Å². The van der Waals surface area contributed by atoms with Gasteiger partial charge in [0.1, 0.15) is 5.75 Å². The molecule has 0 saturated carbocycles. The third-order valence-electron chi connectivity index (χ3n) is 4.83. The number of benzene rings is 2. The van der Waals surface area contributed by atoms with Crippen molar-refractivity contribution in [1.82, 2.24) is 9.80 Å². The van der Waals surface area contributed by atoms with Gasteiger partial charge in [-0.25, -0.2) is 0 Å². The Morgan fingerprint density at radius 3 is 2.39 bits per heavy atom. The molecule has 1 heterocycles. The largest absolute Gasteiger partial charge is 0.481 e. The van der Waals surface area contributed by atoms with E-state index in [4.69, 9.17) is 16.3 Å². The van der Waals surface area contributed by atoms with Gasteiger partial charge < -0.3 is 14.5 Å². The fraction of sp³-hybridized carbons (Fsp3) is 0.364. The Kier molecular flexibility index (Phi) is 6.57. The molecule has 148 valence electrons. The molecule has 5 nitrogen and oxygen atoms in total. The predicted molar refractivity (Wildman–Crippen MR) is 110 cm³/mol. The minimum absolute atomic E-state index is 0.0171. The number of rotatable bonds is 4. The van der Waals surface area contributed by atoms with Gasteiger partial charge in [-0.1, -0.05) is 29.3 Å². The lowest BCUT2D eigenvalue weighted by atomic mass is 10.1. The molecule has 0 N–H and O–H groups in total. The minimum atomic E-state index is -0.597. The smallest absolute Gasteiger partial charge is 0.263 e. The van der Waals surface area contributed by atoms with Crippen LogP contribution < -0.4 is 4.74 Å². The van der Waals surface area contributed by atoms with Crippen LogP contribution >= 0.6 is 11.6 Å². The lowest BCUT2D eigenvalue weighted by molar-refractivity contribution is -0.137. The molecule has 0 aromatic heterocycles. The van der Waals surface area contributed by atoms with Gasteiger partial charge in [0.25, 0.3) is 11.8 Å². The number of carbonyl (C=O) groups is 2. The Bertz CT molecular complexity index is 838. The van der Waals surface area contributed by atoms with E-state index in [1.54, 1.807) is 36.1 Å². The molecule has 1 aliphatic heterocycles. The zero-order chi connectivity index (χ0) is 20.1. The monoisotopic (exact) mass is 400 g/mol. The summed E-state index contributed by atoms with van der Waals surface area (Å²) in [7, 11) is 0. The summed E-state index contributed by atoms with van der Waals surface area (Å²) in [4.78, 5) is 29.2. The van der Waals surface area contributed by atoms with Crippen LogP contribution in [0.4, 0.5) is 0 Å². The second-order valence-corrected chi connectivity index (χ2v) is 7.49. The molecule has 0 radical (unpaired) electrons. The maximum absolute atomic E-state index is 12.8. The SMILES string of the molecule is Cc1cccc(C(=O)N2CCCN(C(=O)C(C)Oc3ccc(Cl)cc3)CC2)c1. The van der Waals surface area contributed by atoms with E-state index in [0.717, 1.165) is 12.0 Å². The lowest BCUT2D eigenvalue weighted by Crippen LogP contribution is -2.43. The molecule has 1 saturated heterocycles. The number of hydrogen-bond acceptors (Lipinski definition) is 3. The van der Waals surface area contributed by atoms with Crippen molar-refractivity contribution in [2.45, 2.75) is 26.4 Å². The summed E-state index contributed by atoms with van der Waals surface area (Å²) in [5, 5.41) is 0.622. The van der Waals surface area contributed by atoms with Gasteiger partial charge in [0, 0.05) is 36.8 Å². The number of carbonyl (C=O) groups excluding carboxylic acids is 2. The van der Waals surface area contributed by atoms with Crippen LogP contribution in [0.15, 0.2) is 48.5 Å². The Labute approximate surface area is 170 Å². The van der Waals surface area contributed by atoms with Crippen molar-refractivity contribution in [3.05, 3.63) is 64.7 Å². The quantitative estimate of drug-likeness (QED) is 0.784. The first-order chi connectivity index (χ1) is 13.4. The number of halogens is 1. The van der Waals surface area contributed by atoms with Crippen LogP contribution in [0.3, 0.4) is 0 Å². The van der Waals surface area contributed by atoms with Crippen molar-refractivity contribution in [2.75, 3.05) is 26.2 Å². The molecule has 2 aromatic carbocycles. The summed E-state index contributed by atoms with van der Waals surface area (Å²) in [6.07, 6.45) is 0.150. The zero-order valence-electron chi connectivity index (χ0n) is 16.2. The van der Waals surface area contributed by atoms with Crippen LogP contribution in [0.2, 0.25) is 5.02 Å². The number of ether oxygens (including phenoxy) is 1. The predicted octanol–water partition coefficient (Wildman–Crippen LogP) is 3.79. The van der Waals surface area contributed by atoms with E-state index >= 15 is 0 Å². The zero-order valence-corrected chi connectivity index (χ0v) is 17.0. The minimum Gasteiger partial charge on any atom is -0.481 e. The summed E-state index contributed by atoms with van der Waals surface area (Å²) >= 11 is 5.88. The number of nitrogens with zero attached hydrogens (tertiary/aromatic N) is 2. The average molecular weight is 401 g/mol. The lowest BCUT2D eigenvalue weighted by Gasteiger charge is -2.25. The Morgan fingerprint density at radius 2 is 1.68 bits per heavy atom. The third-order valence-corrected chi connectivity index (χ3v) is 5.09. The van der Waals surface area contributed by atoms with Crippen LogP contribution in [0.5, 0.6) is 5.75 Å². The van der Waals surface area contributed by atoms with Gasteiger partial charge in [0.2, 0.25) is 0 Å². The molecule has 1 fully saturated rings. The van der Waals surface area contributed by atoms with Gasteiger partial charge >= 0.3 is 0 Å². The first kappa shape index (κ1) is 20.2. The molecule has 0 aliphatic carbocycles. The van der Waals surface area contributed by atoms with Crippen molar-refractivity contribution in [2.24, 2.45) is 0 Å². The normalized spacial score (nSPS) is 15.7. The molecule has 1 atom stereocenters. The van der Waals surface area contributed by atoms with Gasteiger partial charge in [-0.15, -0.1) is 0 Å². The fourth-order valence-electron chi connectivity index (χ4n) is 3.33. The molecular weight excluding hydrogens is 376 g/mol. The first-order valence-corrected chi connectivity index (χ1v) is 9.89. The topological polar surface area (TPSA) is 49.9 Å². The second-order valence-electron chi connectivity index (χ2n) is 7.05. The highest BCUT2D eigenvalue weighted by Crippen LogP contribution is 2.18. The molecule has 3 rings (SSSR count).